The maximum atomic E-state index is 13.7. The number of ether oxygens (including phenoxy) is 10. The minimum atomic E-state index is -1.38. The van der Waals surface area contributed by atoms with Crippen LogP contribution < -0.4 is 0 Å². The van der Waals surface area contributed by atoms with Crippen LogP contribution in [0.25, 0.3) is 10.4 Å². The van der Waals surface area contributed by atoms with Gasteiger partial charge in [-0.05, 0) is 44.5 Å². The van der Waals surface area contributed by atoms with Gasteiger partial charge in [0.1, 0.15) is 54.9 Å². The molecule has 7 aromatic carbocycles. The van der Waals surface area contributed by atoms with Crippen LogP contribution in [0, 0.1) is 0 Å². The van der Waals surface area contributed by atoms with E-state index in [2.05, 4.69) is 10.0 Å². The van der Waals surface area contributed by atoms with Crippen molar-refractivity contribution in [2.45, 2.75) is 120 Å². The summed E-state index contributed by atoms with van der Waals surface area (Å²) in [6, 6.07) is 67.1. The first-order valence-corrected chi connectivity index (χ1v) is 26.1. The molecule has 14 nitrogen and oxygen atoms in total. The number of esters is 1. The molecule has 1 heterocycles. The Labute approximate surface area is 450 Å². The third-order valence-electron chi connectivity index (χ3n) is 13.4. The standard InChI is InChI=1S/C63H65N3O11/c1-45(67)75-61-59(73-42-51-33-19-7-20-34-51)57(71-40-49-29-15-5-16-30-49)58(72-41-50-31-17-6-18-32-50)60(74-43-52-35-21-8-22-36-52)62(61)77-63-54(65-66-64)56(70-39-48-27-13-4-14-28-48)55(69-38-47-25-11-3-12-26-47)53(76-63)44-68-37-46-23-9-2-10-24-46/h2-36,53-63H,37-44H2,1H3/t53-,54-,55+,56-,57-,58+,59+,60-,61+,62+,63-/m1/s1. The van der Waals surface area contributed by atoms with Gasteiger partial charge in [-0.1, -0.05) is 217 Å². The van der Waals surface area contributed by atoms with Crippen LogP contribution in [0.5, 0.6) is 0 Å². The van der Waals surface area contributed by atoms with Crippen molar-refractivity contribution in [1.82, 2.24) is 0 Å². The maximum Gasteiger partial charge on any atom is 0.303 e. The average molecular weight is 1040 g/mol. The molecule has 0 spiro atoms. The molecule has 77 heavy (non-hydrogen) atoms. The third-order valence-corrected chi connectivity index (χ3v) is 13.4. The highest BCUT2D eigenvalue weighted by Gasteiger charge is 2.58. The quantitative estimate of drug-likeness (QED) is 0.0220. The second-order valence-corrected chi connectivity index (χ2v) is 19.0. The van der Waals surface area contributed by atoms with Gasteiger partial charge in [-0.3, -0.25) is 4.79 Å². The van der Waals surface area contributed by atoms with Crippen molar-refractivity contribution in [2.75, 3.05) is 6.61 Å². The lowest BCUT2D eigenvalue weighted by molar-refractivity contribution is -0.339. The van der Waals surface area contributed by atoms with E-state index in [1.54, 1.807) is 0 Å². The third kappa shape index (κ3) is 15.8. The average Bonchev–Trinajstić information content (AvgIpc) is 3.48. The number of benzene rings is 7. The second-order valence-electron chi connectivity index (χ2n) is 19.0. The molecule has 14 heteroatoms. The van der Waals surface area contributed by atoms with Crippen molar-refractivity contribution < 1.29 is 52.2 Å². The highest BCUT2D eigenvalue weighted by Crippen LogP contribution is 2.39. The number of nitrogens with zero attached hydrogens (tertiary/aromatic N) is 3. The van der Waals surface area contributed by atoms with Gasteiger partial charge in [-0.2, -0.15) is 0 Å². The minimum absolute atomic E-state index is 0.0232. The highest BCUT2D eigenvalue weighted by molar-refractivity contribution is 5.66. The van der Waals surface area contributed by atoms with Crippen LogP contribution in [0.2, 0.25) is 0 Å². The van der Waals surface area contributed by atoms with E-state index >= 15 is 0 Å². The predicted octanol–water partition coefficient (Wildman–Crippen LogP) is 11.4. The molecule has 0 unspecified atom stereocenters. The molecule has 0 amide bonds. The predicted molar refractivity (Wildman–Crippen MR) is 288 cm³/mol. The molecule has 2 aliphatic rings. The van der Waals surface area contributed by atoms with E-state index in [-0.39, 0.29) is 52.9 Å². The summed E-state index contributed by atoms with van der Waals surface area (Å²) in [6.07, 6.45) is -10.5. The zero-order valence-electron chi connectivity index (χ0n) is 43.0. The lowest BCUT2D eigenvalue weighted by Gasteiger charge is -2.51. The van der Waals surface area contributed by atoms with Gasteiger partial charge in [0, 0.05) is 11.8 Å². The van der Waals surface area contributed by atoms with E-state index in [1.165, 1.54) is 6.92 Å². The van der Waals surface area contributed by atoms with E-state index in [4.69, 9.17) is 47.4 Å². The zero-order chi connectivity index (χ0) is 52.9. The van der Waals surface area contributed by atoms with Gasteiger partial charge in [0.15, 0.2) is 12.4 Å². The summed E-state index contributed by atoms with van der Waals surface area (Å²) in [4.78, 5) is 17.1. The fourth-order valence-corrected chi connectivity index (χ4v) is 9.70. The van der Waals surface area contributed by atoms with Crippen LogP contribution in [0.1, 0.15) is 45.9 Å². The fourth-order valence-electron chi connectivity index (χ4n) is 9.70. The number of carbonyl (C=O) groups is 1. The van der Waals surface area contributed by atoms with Gasteiger partial charge in [0.05, 0.1) is 52.9 Å². The number of azide groups is 1. The Morgan fingerprint density at radius 1 is 0.416 bits per heavy atom. The van der Waals surface area contributed by atoms with Gasteiger partial charge in [-0.25, -0.2) is 0 Å². The van der Waals surface area contributed by atoms with Crippen molar-refractivity contribution in [3.05, 3.63) is 262 Å². The van der Waals surface area contributed by atoms with Gasteiger partial charge < -0.3 is 47.4 Å². The molecule has 398 valence electrons. The highest BCUT2D eigenvalue weighted by atomic mass is 16.7. The summed E-state index contributed by atoms with van der Waals surface area (Å²) >= 11 is 0. The number of carbonyl (C=O) groups excluding carboxylic acids is 1. The Balaban J connectivity index is 1.15. The molecule has 0 bridgehead atoms. The molecule has 11 atom stereocenters. The van der Waals surface area contributed by atoms with Crippen LogP contribution in [0.3, 0.4) is 0 Å². The fraction of sp³-hybridized carbons (Fsp3) is 0.317. The Morgan fingerprint density at radius 3 is 1.05 bits per heavy atom. The van der Waals surface area contributed by atoms with E-state index in [9.17, 15) is 10.3 Å². The lowest BCUT2D eigenvalue weighted by Crippen LogP contribution is -2.69. The van der Waals surface area contributed by atoms with Crippen molar-refractivity contribution in [3.8, 4) is 0 Å². The largest absolute Gasteiger partial charge is 0.457 e. The molecule has 9 rings (SSSR count). The van der Waals surface area contributed by atoms with Gasteiger partial charge in [-0.15, -0.1) is 0 Å². The summed E-state index contributed by atoms with van der Waals surface area (Å²) < 4.78 is 69.2. The summed E-state index contributed by atoms with van der Waals surface area (Å²) in [5.74, 6) is -0.606. The van der Waals surface area contributed by atoms with Crippen molar-refractivity contribution in [3.63, 3.8) is 0 Å². The van der Waals surface area contributed by atoms with E-state index < -0.39 is 73.2 Å². The summed E-state index contributed by atoms with van der Waals surface area (Å²) in [7, 11) is 0. The molecule has 2 fully saturated rings. The van der Waals surface area contributed by atoms with Crippen LogP contribution in [0.4, 0.5) is 0 Å². The monoisotopic (exact) mass is 1040 g/mol. The minimum Gasteiger partial charge on any atom is -0.457 e. The Kier molecular flexibility index (Phi) is 20.6. The Hall–Kier alpha value is -7.04. The Bertz CT molecular complexity index is 2840. The first-order valence-electron chi connectivity index (χ1n) is 26.1. The Morgan fingerprint density at radius 2 is 0.714 bits per heavy atom. The molecular formula is C63H65N3O11. The summed E-state index contributed by atoms with van der Waals surface area (Å²) in [5, 5.41) is 4.41. The van der Waals surface area contributed by atoms with Crippen LogP contribution in [-0.2, 0) is 98.4 Å². The molecule has 1 aliphatic carbocycles. The first-order chi connectivity index (χ1) is 38.0. The zero-order valence-corrected chi connectivity index (χ0v) is 43.0. The second kappa shape index (κ2) is 28.9. The number of hydrogen-bond acceptors (Lipinski definition) is 12. The summed E-state index contributed by atoms with van der Waals surface area (Å²) in [5.41, 5.74) is 16.8. The van der Waals surface area contributed by atoms with Gasteiger partial charge >= 0.3 is 5.97 Å². The normalized spacial score (nSPS) is 24.1. The van der Waals surface area contributed by atoms with Gasteiger partial charge in [0.25, 0.3) is 0 Å². The molecule has 7 aromatic rings. The van der Waals surface area contributed by atoms with E-state index in [1.807, 2.05) is 212 Å². The molecule has 0 N–H and O–H groups in total. The number of rotatable bonds is 26. The van der Waals surface area contributed by atoms with Crippen molar-refractivity contribution in [1.29, 1.82) is 0 Å². The molecular weight excluding hydrogens is 975 g/mol. The SMILES string of the molecule is CC(=O)O[C@H]1[C@@H](OCc2ccccc2)[C@H](OCc2ccccc2)[C@H](OCc2ccccc2)[C@@H](OCc2ccccc2)[C@@H]1O[C@H]1O[C@H](COCc2ccccc2)[C@H](OCc2ccccc2)[C@H](OCc2ccccc2)[C@H]1N=[N+]=[N-]. The van der Waals surface area contributed by atoms with Crippen molar-refractivity contribution >= 4 is 5.97 Å². The topological polar surface area (TPSA) is 158 Å². The smallest absolute Gasteiger partial charge is 0.303 e. The molecule has 0 radical (unpaired) electrons. The molecule has 0 aromatic heterocycles. The van der Waals surface area contributed by atoms with Crippen LogP contribution in [0.15, 0.2) is 217 Å². The summed E-state index contributed by atoms with van der Waals surface area (Å²) in [6.45, 7) is 2.46. The molecule has 1 saturated carbocycles. The molecule has 1 saturated heterocycles. The van der Waals surface area contributed by atoms with Crippen LogP contribution in [-0.4, -0.2) is 79.8 Å². The molecule has 1 aliphatic heterocycles. The maximum absolute atomic E-state index is 13.7. The van der Waals surface area contributed by atoms with Gasteiger partial charge in [0.2, 0.25) is 0 Å². The first kappa shape index (κ1) is 54.7. The van der Waals surface area contributed by atoms with Crippen LogP contribution >= 0.6 is 0 Å². The number of hydrogen-bond donors (Lipinski definition) is 0. The lowest BCUT2D eigenvalue weighted by atomic mass is 9.83. The van der Waals surface area contributed by atoms with Crippen molar-refractivity contribution in [2.24, 2.45) is 5.11 Å². The van der Waals surface area contributed by atoms with E-state index in [0.717, 1.165) is 38.9 Å². The van der Waals surface area contributed by atoms with E-state index in [0.29, 0.717) is 0 Å².